The molecule has 160 valence electrons. The fourth-order valence-corrected chi connectivity index (χ4v) is 3.60. The summed E-state index contributed by atoms with van der Waals surface area (Å²) in [4.78, 5) is 11.8. The van der Waals surface area contributed by atoms with Gasteiger partial charge in [-0.3, -0.25) is 0 Å². The minimum absolute atomic E-state index is 0.0170. The molecule has 6 nitrogen and oxygen atoms in total. The maximum absolute atomic E-state index is 12.7. The summed E-state index contributed by atoms with van der Waals surface area (Å²) in [5.41, 5.74) is 2.31. The second kappa shape index (κ2) is 9.95. The van der Waals surface area contributed by atoms with Gasteiger partial charge in [0.25, 0.3) is 0 Å². The van der Waals surface area contributed by atoms with Crippen LogP contribution < -0.4 is 4.74 Å². The third-order valence-electron chi connectivity index (χ3n) is 4.35. The van der Waals surface area contributed by atoms with Gasteiger partial charge in [-0.1, -0.05) is 48.0 Å². The topological polar surface area (TPSA) is 78.9 Å². The summed E-state index contributed by atoms with van der Waals surface area (Å²) < 4.78 is 41.0. The molecule has 0 spiro atoms. The first-order valence-corrected chi connectivity index (χ1v) is 10.9. The van der Waals surface area contributed by atoms with E-state index in [1.54, 1.807) is 36.4 Å². The molecular formula is C24H22O6S. The van der Waals surface area contributed by atoms with Crippen molar-refractivity contribution in [2.45, 2.75) is 18.4 Å². The Morgan fingerprint density at radius 3 is 2.16 bits per heavy atom. The van der Waals surface area contributed by atoms with Gasteiger partial charge in [-0.05, 0) is 48.9 Å². The van der Waals surface area contributed by atoms with Crippen LogP contribution in [0, 0.1) is 6.92 Å². The summed E-state index contributed by atoms with van der Waals surface area (Å²) in [5, 5.41) is 0. The molecule has 0 aromatic heterocycles. The van der Waals surface area contributed by atoms with Gasteiger partial charge < -0.3 is 13.7 Å². The average molecular weight is 439 g/mol. The molecule has 0 aliphatic heterocycles. The molecule has 7 heteroatoms. The van der Waals surface area contributed by atoms with Crippen molar-refractivity contribution in [3.63, 3.8) is 0 Å². The Balaban J connectivity index is 1.81. The number of ether oxygens (including phenoxy) is 2. The van der Waals surface area contributed by atoms with Gasteiger partial charge in [0.15, 0.2) is 5.76 Å². The molecule has 0 aliphatic carbocycles. The van der Waals surface area contributed by atoms with Crippen LogP contribution in [0.5, 0.6) is 5.75 Å². The highest BCUT2D eigenvalue weighted by atomic mass is 32.2. The van der Waals surface area contributed by atoms with E-state index < -0.39 is 16.1 Å². The second-order valence-electron chi connectivity index (χ2n) is 6.68. The van der Waals surface area contributed by atoms with Gasteiger partial charge in [0.05, 0.1) is 13.2 Å². The molecule has 0 radical (unpaired) electrons. The molecule has 0 aliphatic rings. The Kier molecular flexibility index (Phi) is 7.10. The normalized spacial score (nSPS) is 11.6. The van der Waals surface area contributed by atoms with Gasteiger partial charge in [-0.15, -0.1) is 0 Å². The van der Waals surface area contributed by atoms with E-state index >= 15 is 0 Å². The fraction of sp³-hybridized carbons (Fsp3) is 0.125. The Morgan fingerprint density at radius 1 is 0.903 bits per heavy atom. The fourth-order valence-electron chi connectivity index (χ4n) is 2.65. The largest absolute Gasteiger partial charge is 0.489 e. The number of carbonyl (C=O) groups is 1. The van der Waals surface area contributed by atoms with Crippen LogP contribution in [0.1, 0.15) is 16.7 Å². The predicted octanol–water partition coefficient (Wildman–Crippen LogP) is 4.49. The maximum atomic E-state index is 12.7. The maximum Gasteiger partial charge on any atom is 0.339 e. The van der Waals surface area contributed by atoms with Crippen LogP contribution >= 0.6 is 0 Å². The van der Waals surface area contributed by atoms with Crippen LogP contribution in [-0.4, -0.2) is 21.5 Å². The van der Waals surface area contributed by atoms with E-state index in [2.05, 4.69) is 4.74 Å². The first kappa shape index (κ1) is 22.1. The number of benzene rings is 3. The van der Waals surface area contributed by atoms with Crippen molar-refractivity contribution in [2.75, 3.05) is 7.11 Å². The highest BCUT2D eigenvalue weighted by Crippen LogP contribution is 2.25. The third-order valence-corrected chi connectivity index (χ3v) is 5.59. The summed E-state index contributed by atoms with van der Waals surface area (Å²) in [6, 6.07) is 22.5. The molecule has 0 unspecified atom stereocenters. The van der Waals surface area contributed by atoms with Gasteiger partial charge in [-0.2, -0.15) is 8.42 Å². The molecule has 0 amide bonds. The van der Waals surface area contributed by atoms with Crippen molar-refractivity contribution in [1.82, 2.24) is 0 Å². The monoisotopic (exact) mass is 438 g/mol. The van der Waals surface area contributed by atoms with Gasteiger partial charge in [0, 0.05) is 5.56 Å². The van der Waals surface area contributed by atoms with Gasteiger partial charge >= 0.3 is 16.1 Å². The molecule has 3 aromatic carbocycles. The number of hydrogen-bond donors (Lipinski definition) is 0. The molecule has 3 aromatic rings. The summed E-state index contributed by atoms with van der Waals surface area (Å²) in [6.07, 6.45) is 0.992. The van der Waals surface area contributed by atoms with Crippen molar-refractivity contribution in [3.05, 3.63) is 102 Å². The Labute approximate surface area is 181 Å². The van der Waals surface area contributed by atoms with Crippen LogP contribution in [-0.2, 0) is 30.4 Å². The van der Waals surface area contributed by atoms with E-state index in [9.17, 15) is 13.2 Å². The molecule has 0 saturated carbocycles. The smallest absolute Gasteiger partial charge is 0.339 e. The Hall–Kier alpha value is -3.58. The molecular weight excluding hydrogens is 416 g/mol. The van der Waals surface area contributed by atoms with Crippen molar-refractivity contribution in [3.8, 4) is 5.75 Å². The Morgan fingerprint density at radius 2 is 1.55 bits per heavy atom. The first-order chi connectivity index (χ1) is 14.9. The minimum atomic E-state index is -4.14. The number of carbonyl (C=O) groups excluding carboxylic acids is 1. The number of hydrogen-bond acceptors (Lipinski definition) is 6. The lowest BCUT2D eigenvalue weighted by atomic mass is 10.1. The number of aryl methyl sites for hydroxylation is 1. The summed E-state index contributed by atoms with van der Waals surface area (Å²) in [7, 11) is -2.94. The van der Waals surface area contributed by atoms with Crippen LogP contribution in [0.2, 0.25) is 0 Å². The predicted molar refractivity (Wildman–Crippen MR) is 117 cm³/mol. The van der Waals surface area contributed by atoms with Crippen LogP contribution in [0.4, 0.5) is 0 Å². The molecule has 31 heavy (non-hydrogen) atoms. The number of rotatable bonds is 8. The SMILES string of the molecule is COC(=O)/C=C(\OS(=O)(=O)c1ccc(C)cc1)c1ccc(OCc2ccccc2)cc1. The molecule has 0 N–H and O–H groups in total. The summed E-state index contributed by atoms with van der Waals surface area (Å²) in [6.45, 7) is 2.24. The quantitative estimate of drug-likeness (QED) is 0.223. The second-order valence-corrected chi connectivity index (χ2v) is 8.23. The molecule has 0 heterocycles. The van der Waals surface area contributed by atoms with E-state index in [4.69, 9.17) is 8.92 Å². The zero-order valence-electron chi connectivity index (χ0n) is 17.1. The van der Waals surface area contributed by atoms with E-state index in [1.807, 2.05) is 37.3 Å². The van der Waals surface area contributed by atoms with Gasteiger partial charge in [0.2, 0.25) is 0 Å². The van der Waals surface area contributed by atoms with Crippen molar-refractivity contribution < 1.29 is 26.9 Å². The zero-order chi connectivity index (χ0) is 22.3. The summed E-state index contributed by atoms with van der Waals surface area (Å²) >= 11 is 0. The highest BCUT2D eigenvalue weighted by molar-refractivity contribution is 7.87. The molecule has 0 atom stereocenters. The average Bonchev–Trinajstić information content (AvgIpc) is 2.78. The van der Waals surface area contributed by atoms with E-state index in [1.165, 1.54) is 19.2 Å². The standard InChI is InChI=1S/C24H22O6S/c1-18-8-14-22(15-9-18)31(26,27)30-23(16-24(25)28-2)20-10-12-21(13-11-20)29-17-19-6-4-3-5-7-19/h3-16H,17H2,1-2H3/b23-16-. The molecule has 0 fully saturated rings. The van der Waals surface area contributed by atoms with Crippen molar-refractivity contribution >= 4 is 21.8 Å². The van der Waals surface area contributed by atoms with E-state index in [-0.39, 0.29) is 10.7 Å². The molecule has 0 saturated heterocycles. The highest BCUT2D eigenvalue weighted by Gasteiger charge is 2.20. The lowest BCUT2D eigenvalue weighted by Gasteiger charge is -2.12. The summed E-state index contributed by atoms with van der Waals surface area (Å²) in [5.74, 6) is -0.299. The molecule has 0 bridgehead atoms. The van der Waals surface area contributed by atoms with Crippen LogP contribution in [0.25, 0.3) is 5.76 Å². The number of esters is 1. The lowest BCUT2D eigenvalue weighted by Crippen LogP contribution is -2.08. The first-order valence-electron chi connectivity index (χ1n) is 9.45. The molecule has 3 rings (SSSR count). The lowest BCUT2D eigenvalue weighted by molar-refractivity contribution is -0.134. The van der Waals surface area contributed by atoms with E-state index in [0.29, 0.717) is 17.9 Å². The van der Waals surface area contributed by atoms with Crippen LogP contribution in [0.15, 0.2) is 89.8 Å². The third kappa shape index (κ3) is 6.20. The Bertz CT molecular complexity index is 1150. The zero-order valence-corrected chi connectivity index (χ0v) is 18.0. The van der Waals surface area contributed by atoms with Crippen LogP contribution in [0.3, 0.4) is 0 Å². The minimum Gasteiger partial charge on any atom is -0.489 e. The van der Waals surface area contributed by atoms with E-state index in [0.717, 1.165) is 17.2 Å². The van der Waals surface area contributed by atoms with Crippen molar-refractivity contribution in [1.29, 1.82) is 0 Å². The number of methoxy groups -OCH3 is 1. The van der Waals surface area contributed by atoms with Gasteiger partial charge in [-0.25, -0.2) is 4.79 Å². The van der Waals surface area contributed by atoms with Gasteiger partial charge in [0.1, 0.15) is 17.3 Å². The van der Waals surface area contributed by atoms with Crippen molar-refractivity contribution in [2.24, 2.45) is 0 Å².